The smallest absolute Gasteiger partial charge is 0.414 e. The van der Waals surface area contributed by atoms with Crippen LogP contribution in [0, 0.1) is 11.6 Å². The predicted octanol–water partition coefficient (Wildman–Crippen LogP) is 1.19. The van der Waals surface area contributed by atoms with Gasteiger partial charge in [-0.15, -0.1) is 0 Å². The van der Waals surface area contributed by atoms with Crippen molar-refractivity contribution < 1.29 is 32.7 Å². The third-order valence-electron chi connectivity index (χ3n) is 5.90. The first-order valence-electron chi connectivity index (χ1n) is 11.8. The van der Waals surface area contributed by atoms with Crippen LogP contribution in [0.4, 0.5) is 25.0 Å². The van der Waals surface area contributed by atoms with Crippen LogP contribution in [0.2, 0.25) is 0 Å². The van der Waals surface area contributed by atoms with Crippen molar-refractivity contribution in [3.05, 3.63) is 53.9 Å². The molecule has 0 bridgehead atoms. The number of cyclic esters (lactones) is 1. The molecule has 0 saturated carbocycles. The molecule has 13 heteroatoms. The van der Waals surface area contributed by atoms with Gasteiger partial charge in [0.15, 0.2) is 11.6 Å². The van der Waals surface area contributed by atoms with Gasteiger partial charge in [0, 0.05) is 51.1 Å². The Morgan fingerprint density at radius 2 is 1.86 bits per heavy atom. The van der Waals surface area contributed by atoms with E-state index in [-0.39, 0.29) is 69.1 Å². The maximum absolute atomic E-state index is 15.1. The van der Waals surface area contributed by atoms with Crippen molar-refractivity contribution in [2.75, 3.05) is 55.7 Å². The molecule has 2 saturated heterocycles. The van der Waals surface area contributed by atoms with E-state index in [4.69, 9.17) is 9.57 Å². The fourth-order valence-electron chi connectivity index (χ4n) is 4.08. The SMILES string of the molecule is CC(=O)NC[C@H]1CN(c2cc(F)c(N3CCON(C(=O)CNCc4ccncc4)CC3)c(F)c2)C(=O)O1. The lowest BCUT2D eigenvalue weighted by molar-refractivity contribution is -0.180. The second kappa shape index (κ2) is 11.9. The molecule has 2 aromatic rings. The summed E-state index contributed by atoms with van der Waals surface area (Å²) < 4.78 is 35.3. The maximum Gasteiger partial charge on any atom is 0.414 e. The van der Waals surface area contributed by atoms with Gasteiger partial charge in [0.25, 0.3) is 5.91 Å². The van der Waals surface area contributed by atoms with Crippen molar-refractivity contribution in [2.45, 2.75) is 19.6 Å². The van der Waals surface area contributed by atoms with Gasteiger partial charge in [-0.1, -0.05) is 0 Å². The van der Waals surface area contributed by atoms with Crippen LogP contribution in [0.1, 0.15) is 12.5 Å². The van der Waals surface area contributed by atoms with Crippen molar-refractivity contribution in [3.63, 3.8) is 0 Å². The monoisotopic (exact) mass is 518 g/mol. The molecule has 3 heterocycles. The summed E-state index contributed by atoms with van der Waals surface area (Å²) in [5, 5.41) is 6.78. The molecule has 11 nitrogen and oxygen atoms in total. The van der Waals surface area contributed by atoms with Gasteiger partial charge in [-0.2, -0.15) is 0 Å². The topological polar surface area (TPSA) is 116 Å². The number of hydrogen-bond acceptors (Lipinski definition) is 8. The van der Waals surface area contributed by atoms with E-state index in [0.717, 1.165) is 22.6 Å². The molecule has 2 N–H and O–H groups in total. The largest absolute Gasteiger partial charge is 0.442 e. The summed E-state index contributed by atoms with van der Waals surface area (Å²) >= 11 is 0. The van der Waals surface area contributed by atoms with Gasteiger partial charge in [0.1, 0.15) is 11.8 Å². The number of nitrogens with one attached hydrogen (secondary N) is 2. The van der Waals surface area contributed by atoms with Crippen molar-refractivity contribution in [1.82, 2.24) is 20.7 Å². The fourth-order valence-corrected chi connectivity index (χ4v) is 4.08. The average Bonchev–Trinajstić information content (AvgIpc) is 3.07. The summed E-state index contributed by atoms with van der Waals surface area (Å²) in [6.45, 7) is 2.47. The zero-order valence-electron chi connectivity index (χ0n) is 20.3. The highest BCUT2D eigenvalue weighted by Gasteiger charge is 2.34. The highest BCUT2D eigenvalue weighted by atomic mass is 19.1. The summed E-state index contributed by atoms with van der Waals surface area (Å²) in [6, 6.07) is 5.81. The molecule has 4 rings (SSSR count). The first-order valence-corrected chi connectivity index (χ1v) is 11.8. The summed E-state index contributed by atoms with van der Waals surface area (Å²) in [6.07, 6.45) is 1.94. The summed E-state index contributed by atoms with van der Waals surface area (Å²) in [5.41, 5.74) is 0.725. The zero-order valence-corrected chi connectivity index (χ0v) is 20.3. The highest BCUT2D eigenvalue weighted by Crippen LogP contribution is 2.31. The molecule has 2 fully saturated rings. The highest BCUT2D eigenvalue weighted by molar-refractivity contribution is 5.90. The molecule has 0 unspecified atom stereocenters. The van der Waals surface area contributed by atoms with Gasteiger partial charge in [-0.05, 0) is 17.7 Å². The van der Waals surface area contributed by atoms with Gasteiger partial charge in [-0.25, -0.2) is 18.6 Å². The lowest BCUT2D eigenvalue weighted by Crippen LogP contribution is -2.39. The van der Waals surface area contributed by atoms with Crippen LogP contribution in [-0.2, 0) is 25.7 Å². The van der Waals surface area contributed by atoms with E-state index in [1.807, 2.05) is 12.1 Å². The number of carbonyl (C=O) groups excluding carboxylic acids is 3. The Balaban J connectivity index is 1.34. The molecule has 198 valence electrons. The van der Waals surface area contributed by atoms with E-state index in [1.54, 1.807) is 12.4 Å². The number of hydrogen-bond donors (Lipinski definition) is 2. The molecule has 0 aliphatic carbocycles. The van der Waals surface area contributed by atoms with Crippen LogP contribution in [0.3, 0.4) is 0 Å². The zero-order chi connectivity index (χ0) is 26.4. The van der Waals surface area contributed by atoms with E-state index in [1.165, 1.54) is 16.9 Å². The van der Waals surface area contributed by atoms with E-state index < -0.39 is 23.8 Å². The molecular weight excluding hydrogens is 490 g/mol. The number of ether oxygens (including phenoxy) is 1. The minimum absolute atomic E-state index is 0.0113. The van der Waals surface area contributed by atoms with Crippen molar-refractivity contribution in [1.29, 1.82) is 0 Å². The van der Waals surface area contributed by atoms with Gasteiger partial charge < -0.3 is 20.3 Å². The number of amides is 3. The Morgan fingerprint density at radius 3 is 2.57 bits per heavy atom. The summed E-state index contributed by atoms with van der Waals surface area (Å²) in [5.74, 6) is -2.29. The van der Waals surface area contributed by atoms with Crippen LogP contribution in [0.5, 0.6) is 0 Å². The van der Waals surface area contributed by atoms with Gasteiger partial charge in [-0.3, -0.25) is 24.3 Å². The quantitative estimate of drug-likeness (QED) is 0.536. The van der Waals surface area contributed by atoms with E-state index >= 15 is 8.78 Å². The van der Waals surface area contributed by atoms with Gasteiger partial charge in [0.2, 0.25) is 5.91 Å². The van der Waals surface area contributed by atoms with Crippen LogP contribution < -0.4 is 20.4 Å². The molecule has 0 spiro atoms. The number of nitrogens with zero attached hydrogens (tertiary/aromatic N) is 4. The van der Waals surface area contributed by atoms with Crippen molar-refractivity contribution in [3.8, 4) is 0 Å². The molecular formula is C24H28F2N6O5. The third-order valence-corrected chi connectivity index (χ3v) is 5.90. The number of rotatable bonds is 8. The predicted molar refractivity (Wildman–Crippen MR) is 128 cm³/mol. The molecule has 1 aromatic heterocycles. The van der Waals surface area contributed by atoms with E-state index in [0.29, 0.717) is 6.54 Å². The molecule has 1 atom stereocenters. The second-order valence-corrected chi connectivity index (χ2v) is 8.59. The minimum Gasteiger partial charge on any atom is -0.442 e. The fraction of sp³-hybridized carbons (Fsp3) is 0.417. The second-order valence-electron chi connectivity index (χ2n) is 8.59. The van der Waals surface area contributed by atoms with Crippen LogP contribution >= 0.6 is 0 Å². The number of aromatic nitrogens is 1. The standard InChI is InChI=1S/C24H28F2N6O5/c1-16(33)29-13-19-15-31(24(35)37-19)18-10-20(25)23(21(26)11-18)30-6-7-32(36-9-8-30)22(34)14-28-12-17-2-4-27-5-3-17/h2-5,10-11,19,28H,6-9,12-15H2,1H3,(H,29,33)/t19-/m0/s1. The normalized spacial score (nSPS) is 18.0. The molecule has 0 radical (unpaired) electrons. The Hall–Kier alpha value is -3.84. The number of pyridine rings is 1. The number of benzene rings is 1. The van der Waals surface area contributed by atoms with Crippen LogP contribution in [0.15, 0.2) is 36.7 Å². The first-order chi connectivity index (χ1) is 17.8. The van der Waals surface area contributed by atoms with E-state index in [9.17, 15) is 14.4 Å². The van der Waals surface area contributed by atoms with Crippen molar-refractivity contribution in [2.24, 2.45) is 0 Å². The number of hydroxylamine groups is 2. The number of halogens is 2. The molecule has 37 heavy (non-hydrogen) atoms. The van der Waals surface area contributed by atoms with Gasteiger partial charge >= 0.3 is 6.09 Å². The third kappa shape index (κ3) is 6.68. The maximum atomic E-state index is 15.1. The van der Waals surface area contributed by atoms with Gasteiger partial charge in [0.05, 0.1) is 38.5 Å². The Labute approximate surface area is 212 Å². The Morgan fingerprint density at radius 1 is 1.14 bits per heavy atom. The molecule has 2 aliphatic heterocycles. The molecule has 2 aliphatic rings. The number of anilines is 2. The summed E-state index contributed by atoms with van der Waals surface area (Å²) in [4.78, 5) is 47.9. The van der Waals surface area contributed by atoms with Crippen LogP contribution in [-0.4, -0.2) is 79.9 Å². The molecule has 3 amide bonds. The Kier molecular flexibility index (Phi) is 8.46. The molecule has 1 aromatic carbocycles. The average molecular weight is 519 g/mol. The van der Waals surface area contributed by atoms with Crippen LogP contribution in [0.25, 0.3) is 0 Å². The first kappa shape index (κ1) is 26.2. The number of carbonyl (C=O) groups is 3. The van der Waals surface area contributed by atoms with E-state index in [2.05, 4.69) is 15.6 Å². The minimum atomic E-state index is -0.855. The summed E-state index contributed by atoms with van der Waals surface area (Å²) in [7, 11) is 0. The lowest BCUT2D eigenvalue weighted by atomic mass is 10.2. The lowest BCUT2D eigenvalue weighted by Gasteiger charge is -2.24. The van der Waals surface area contributed by atoms with Crippen molar-refractivity contribution >= 4 is 29.3 Å². The Bertz CT molecular complexity index is 1110.